The van der Waals surface area contributed by atoms with Gasteiger partial charge in [-0.15, -0.1) is 11.3 Å². The first-order chi connectivity index (χ1) is 11.2. The van der Waals surface area contributed by atoms with Crippen LogP contribution in [0.25, 0.3) is 4.96 Å². The molecule has 1 aliphatic rings. The highest BCUT2D eigenvalue weighted by molar-refractivity contribution is 7.15. The van der Waals surface area contributed by atoms with Crippen LogP contribution in [0.3, 0.4) is 0 Å². The van der Waals surface area contributed by atoms with Gasteiger partial charge >= 0.3 is 0 Å². The highest BCUT2D eigenvalue weighted by atomic mass is 32.1. The molecule has 0 bridgehead atoms. The van der Waals surface area contributed by atoms with Crippen LogP contribution in [-0.2, 0) is 16.0 Å². The molecule has 1 aliphatic heterocycles. The molecule has 1 N–H and O–H groups in total. The quantitative estimate of drug-likeness (QED) is 0.820. The van der Waals surface area contributed by atoms with Gasteiger partial charge in [0, 0.05) is 43.8 Å². The highest BCUT2D eigenvalue weighted by Crippen LogP contribution is 2.12. The molecule has 2 aromatic heterocycles. The van der Waals surface area contributed by atoms with Crippen molar-refractivity contribution in [3.8, 4) is 0 Å². The van der Waals surface area contributed by atoms with E-state index < -0.39 is 0 Å². The molecule has 2 amide bonds. The summed E-state index contributed by atoms with van der Waals surface area (Å²) in [6.07, 6.45) is 8.84. The molecule has 3 heterocycles. The number of nitrogens with zero attached hydrogens (tertiary/aromatic N) is 3. The van der Waals surface area contributed by atoms with E-state index in [9.17, 15) is 9.59 Å². The lowest BCUT2D eigenvalue weighted by molar-refractivity contribution is -0.130. The number of hydrogen-bond acceptors (Lipinski definition) is 4. The van der Waals surface area contributed by atoms with Gasteiger partial charge < -0.3 is 10.2 Å². The van der Waals surface area contributed by atoms with Crippen LogP contribution in [0.1, 0.15) is 37.8 Å². The number of imidazole rings is 1. The van der Waals surface area contributed by atoms with Crippen molar-refractivity contribution in [2.45, 2.75) is 38.5 Å². The first-order valence-electron chi connectivity index (χ1n) is 8.18. The van der Waals surface area contributed by atoms with Crippen LogP contribution < -0.4 is 5.32 Å². The smallest absolute Gasteiger partial charge is 0.226 e. The van der Waals surface area contributed by atoms with Crippen molar-refractivity contribution < 1.29 is 9.59 Å². The SMILES string of the molecule is O=C(Cc1cn2ccsc2n1)NCCCN1CCCCCC1=O. The first kappa shape index (κ1) is 16.0. The number of hydrogen-bond donors (Lipinski definition) is 1. The Bertz CT molecular complexity index is 650. The van der Waals surface area contributed by atoms with Crippen molar-refractivity contribution in [2.24, 2.45) is 0 Å². The Labute approximate surface area is 139 Å². The van der Waals surface area contributed by atoms with E-state index in [-0.39, 0.29) is 11.8 Å². The summed E-state index contributed by atoms with van der Waals surface area (Å²) in [5.41, 5.74) is 0.789. The Hall–Kier alpha value is -1.89. The molecule has 0 radical (unpaired) electrons. The predicted octanol–water partition coefficient (Wildman–Crippen LogP) is 1.85. The van der Waals surface area contributed by atoms with E-state index in [4.69, 9.17) is 0 Å². The molecule has 1 fully saturated rings. The maximum absolute atomic E-state index is 11.9. The molecule has 2 aromatic rings. The summed E-state index contributed by atoms with van der Waals surface area (Å²) >= 11 is 1.56. The van der Waals surface area contributed by atoms with E-state index >= 15 is 0 Å². The lowest BCUT2D eigenvalue weighted by Crippen LogP contribution is -2.34. The molecule has 0 atom stereocenters. The summed E-state index contributed by atoms with van der Waals surface area (Å²) in [6.45, 7) is 2.20. The topological polar surface area (TPSA) is 66.7 Å². The number of rotatable bonds is 6. The number of nitrogens with one attached hydrogen (secondary N) is 1. The van der Waals surface area contributed by atoms with Gasteiger partial charge in [0.15, 0.2) is 4.96 Å². The standard InChI is InChI=1S/C16H22N4O2S/c21-14(11-13-12-20-9-10-23-16(20)18-13)17-6-4-8-19-7-3-1-2-5-15(19)22/h9-10,12H,1-8,11H2,(H,17,21). The molecule has 3 rings (SSSR count). The Morgan fingerprint density at radius 2 is 2.26 bits per heavy atom. The minimum atomic E-state index is -0.0158. The molecule has 0 saturated carbocycles. The van der Waals surface area contributed by atoms with Gasteiger partial charge in [0.1, 0.15) is 0 Å². The first-order valence-corrected chi connectivity index (χ1v) is 9.06. The van der Waals surface area contributed by atoms with Gasteiger partial charge in [-0.05, 0) is 19.3 Å². The summed E-state index contributed by atoms with van der Waals surface area (Å²) in [6, 6.07) is 0. The van der Waals surface area contributed by atoms with Crippen LogP contribution >= 0.6 is 11.3 Å². The highest BCUT2D eigenvalue weighted by Gasteiger charge is 2.15. The summed E-state index contributed by atoms with van der Waals surface area (Å²) in [7, 11) is 0. The third kappa shape index (κ3) is 4.31. The van der Waals surface area contributed by atoms with Crippen LogP contribution in [0.2, 0.25) is 0 Å². The fourth-order valence-corrected chi connectivity index (χ4v) is 3.58. The summed E-state index contributed by atoms with van der Waals surface area (Å²) in [4.78, 5) is 31.1. The minimum absolute atomic E-state index is 0.0158. The summed E-state index contributed by atoms with van der Waals surface area (Å²) in [5.74, 6) is 0.241. The average Bonchev–Trinajstić information content (AvgIpc) is 3.03. The zero-order chi connectivity index (χ0) is 16.1. The van der Waals surface area contributed by atoms with Crippen molar-refractivity contribution in [3.63, 3.8) is 0 Å². The second kappa shape index (κ2) is 7.59. The van der Waals surface area contributed by atoms with Gasteiger partial charge in [0.25, 0.3) is 0 Å². The van der Waals surface area contributed by atoms with Crippen LogP contribution in [-0.4, -0.2) is 45.7 Å². The van der Waals surface area contributed by atoms with E-state index in [1.807, 2.05) is 27.1 Å². The molecule has 0 aromatic carbocycles. The van der Waals surface area contributed by atoms with Gasteiger partial charge in [0.05, 0.1) is 12.1 Å². The van der Waals surface area contributed by atoms with Crippen LogP contribution in [0.4, 0.5) is 0 Å². The lowest BCUT2D eigenvalue weighted by atomic mass is 10.2. The molecular formula is C16H22N4O2S. The van der Waals surface area contributed by atoms with Crippen LogP contribution in [0, 0.1) is 0 Å². The van der Waals surface area contributed by atoms with Crippen LogP contribution in [0.5, 0.6) is 0 Å². The van der Waals surface area contributed by atoms with E-state index in [1.54, 1.807) is 11.3 Å². The second-order valence-electron chi connectivity index (χ2n) is 5.90. The number of carbonyl (C=O) groups excluding carboxylic acids is 2. The summed E-state index contributed by atoms with van der Waals surface area (Å²) < 4.78 is 1.93. The maximum atomic E-state index is 11.9. The molecule has 7 heteroatoms. The molecule has 23 heavy (non-hydrogen) atoms. The molecule has 0 aliphatic carbocycles. The van der Waals surface area contributed by atoms with Crippen molar-refractivity contribution >= 4 is 28.1 Å². The van der Waals surface area contributed by atoms with E-state index in [0.29, 0.717) is 19.4 Å². The molecule has 6 nitrogen and oxygen atoms in total. The van der Waals surface area contributed by atoms with Crippen molar-refractivity contribution in [3.05, 3.63) is 23.5 Å². The number of fused-ring (bicyclic) bond motifs is 1. The molecule has 1 saturated heterocycles. The second-order valence-corrected chi connectivity index (χ2v) is 6.77. The third-order valence-electron chi connectivity index (χ3n) is 4.08. The van der Waals surface area contributed by atoms with Gasteiger partial charge in [0.2, 0.25) is 11.8 Å². The van der Waals surface area contributed by atoms with Crippen molar-refractivity contribution in [2.75, 3.05) is 19.6 Å². The monoisotopic (exact) mass is 334 g/mol. The Morgan fingerprint density at radius 3 is 3.13 bits per heavy atom. The van der Waals surface area contributed by atoms with Gasteiger partial charge in [-0.3, -0.25) is 14.0 Å². The van der Waals surface area contributed by atoms with E-state index in [1.165, 1.54) is 0 Å². The number of carbonyl (C=O) groups is 2. The largest absolute Gasteiger partial charge is 0.356 e. The zero-order valence-corrected chi connectivity index (χ0v) is 14.0. The molecule has 124 valence electrons. The maximum Gasteiger partial charge on any atom is 0.226 e. The van der Waals surface area contributed by atoms with Gasteiger partial charge in [-0.1, -0.05) is 6.42 Å². The fourth-order valence-electron chi connectivity index (χ4n) is 2.86. The van der Waals surface area contributed by atoms with E-state index in [2.05, 4.69) is 10.3 Å². The Kier molecular flexibility index (Phi) is 5.27. The number of thiazole rings is 1. The molecule has 0 spiro atoms. The van der Waals surface area contributed by atoms with E-state index in [0.717, 1.165) is 49.4 Å². The van der Waals surface area contributed by atoms with Gasteiger partial charge in [-0.25, -0.2) is 4.98 Å². The average molecular weight is 334 g/mol. The fraction of sp³-hybridized carbons (Fsp3) is 0.562. The summed E-state index contributed by atoms with van der Waals surface area (Å²) in [5, 5.41) is 4.88. The minimum Gasteiger partial charge on any atom is -0.356 e. The third-order valence-corrected chi connectivity index (χ3v) is 4.85. The number of likely N-dealkylation sites (tertiary alicyclic amines) is 1. The zero-order valence-electron chi connectivity index (χ0n) is 13.2. The van der Waals surface area contributed by atoms with Gasteiger partial charge in [-0.2, -0.15) is 0 Å². The number of amides is 2. The number of aromatic nitrogens is 2. The van der Waals surface area contributed by atoms with Crippen LogP contribution in [0.15, 0.2) is 17.8 Å². The van der Waals surface area contributed by atoms with Crippen molar-refractivity contribution in [1.82, 2.24) is 19.6 Å². The lowest BCUT2D eigenvalue weighted by Gasteiger charge is -2.20. The van der Waals surface area contributed by atoms with Crippen molar-refractivity contribution in [1.29, 1.82) is 0 Å². The Balaban J connectivity index is 1.37. The molecular weight excluding hydrogens is 312 g/mol. The molecule has 0 unspecified atom stereocenters. The Morgan fingerprint density at radius 1 is 1.35 bits per heavy atom. The normalized spacial score (nSPS) is 15.8. The predicted molar refractivity (Wildman–Crippen MR) is 89.4 cm³/mol.